The van der Waals surface area contributed by atoms with E-state index in [1.54, 1.807) is 12.1 Å². The van der Waals surface area contributed by atoms with Crippen LogP contribution in [0.25, 0.3) is 11.5 Å². The second-order valence-corrected chi connectivity index (χ2v) is 4.62. The lowest BCUT2D eigenvalue weighted by molar-refractivity contribution is 0.410. The first-order valence-corrected chi connectivity index (χ1v) is 6.15. The highest BCUT2D eigenvalue weighted by molar-refractivity contribution is 6.31. The number of nitrogens with zero attached hydrogens (tertiary/aromatic N) is 2. The molecule has 6 heteroatoms. The summed E-state index contributed by atoms with van der Waals surface area (Å²) in [6, 6.07) is 4.81. The Balaban J connectivity index is 1.95. The zero-order valence-electron chi connectivity index (χ0n) is 9.49. The van der Waals surface area contributed by atoms with Crippen LogP contribution in [0.5, 0.6) is 0 Å². The van der Waals surface area contributed by atoms with Crippen LogP contribution in [-0.4, -0.2) is 16.7 Å². The fourth-order valence-corrected chi connectivity index (χ4v) is 2.23. The van der Waals surface area contributed by atoms with Gasteiger partial charge in [0.15, 0.2) is 11.6 Å². The van der Waals surface area contributed by atoms with Crippen LogP contribution >= 0.6 is 11.6 Å². The monoisotopic (exact) mass is 267 g/mol. The van der Waals surface area contributed by atoms with Gasteiger partial charge in [0.1, 0.15) is 0 Å². The molecule has 1 unspecified atom stereocenters. The maximum absolute atomic E-state index is 13.8. The Bertz CT molecular complexity index is 566. The lowest BCUT2D eigenvalue weighted by atomic mass is 10.2. The Labute approximate surface area is 108 Å². The Kier molecular flexibility index (Phi) is 3.01. The molecule has 2 heterocycles. The van der Waals surface area contributed by atoms with Gasteiger partial charge in [-0.2, -0.15) is 4.98 Å². The molecule has 0 spiro atoms. The number of rotatable bonds is 2. The number of benzene rings is 1. The zero-order valence-corrected chi connectivity index (χ0v) is 10.2. The molecule has 0 aliphatic carbocycles. The van der Waals surface area contributed by atoms with Crippen LogP contribution in [0.3, 0.4) is 0 Å². The van der Waals surface area contributed by atoms with E-state index in [0.29, 0.717) is 5.82 Å². The first kappa shape index (κ1) is 11.6. The standard InChI is InChI=1S/C12H11ClFN3O/c13-8-4-1-3-7(10(8)14)12-16-11(17-18-12)9-5-2-6-15-9/h1,3-4,9,15H,2,5-6H2. The van der Waals surface area contributed by atoms with Crippen LogP contribution in [0.4, 0.5) is 4.39 Å². The molecule has 0 saturated carbocycles. The zero-order chi connectivity index (χ0) is 12.5. The van der Waals surface area contributed by atoms with Crippen molar-refractivity contribution in [3.63, 3.8) is 0 Å². The minimum absolute atomic E-state index is 0.0474. The van der Waals surface area contributed by atoms with Crippen LogP contribution in [0, 0.1) is 5.82 Å². The van der Waals surface area contributed by atoms with Crippen LogP contribution in [0.1, 0.15) is 24.7 Å². The summed E-state index contributed by atoms with van der Waals surface area (Å²) in [4.78, 5) is 4.23. The molecule has 18 heavy (non-hydrogen) atoms. The average Bonchev–Trinajstić information content (AvgIpc) is 3.01. The topological polar surface area (TPSA) is 51.0 Å². The summed E-state index contributed by atoms with van der Waals surface area (Å²) in [5, 5.41) is 7.19. The van der Waals surface area contributed by atoms with Crippen molar-refractivity contribution in [2.24, 2.45) is 0 Å². The van der Waals surface area contributed by atoms with Crippen LogP contribution in [0.15, 0.2) is 22.7 Å². The first-order valence-electron chi connectivity index (χ1n) is 5.77. The van der Waals surface area contributed by atoms with Crippen molar-refractivity contribution < 1.29 is 8.91 Å². The maximum Gasteiger partial charge on any atom is 0.261 e. The largest absolute Gasteiger partial charge is 0.334 e. The second kappa shape index (κ2) is 4.66. The van der Waals surface area contributed by atoms with E-state index in [1.807, 2.05) is 0 Å². The van der Waals surface area contributed by atoms with Crippen molar-refractivity contribution in [3.05, 3.63) is 34.9 Å². The molecule has 1 N–H and O–H groups in total. The minimum atomic E-state index is -0.534. The van der Waals surface area contributed by atoms with E-state index in [9.17, 15) is 4.39 Å². The van der Waals surface area contributed by atoms with Crippen molar-refractivity contribution in [2.75, 3.05) is 6.54 Å². The molecule has 94 valence electrons. The highest BCUT2D eigenvalue weighted by atomic mass is 35.5. The summed E-state index contributed by atoms with van der Waals surface area (Å²) >= 11 is 5.72. The van der Waals surface area contributed by atoms with Crippen molar-refractivity contribution in [1.29, 1.82) is 0 Å². The van der Waals surface area contributed by atoms with Crippen molar-refractivity contribution in [3.8, 4) is 11.5 Å². The van der Waals surface area contributed by atoms with Gasteiger partial charge in [-0.1, -0.05) is 22.8 Å². The first-order chi connectivity index (χ1) is 8.75. The summed E-state index contributed by atoms with van der Waals surface area (Å²) in [5.74, 6) is 0.203. The van der Waals surface area contributed by atoms with E-state index in [0.717, 1.165) is 19.4 Å². The normalized spacial score (nSPS) is 19.3. The van der Waals surface area contributed by atoms with Gasteiger partial charge in [0.05, 0.1) is 16.6 Å². The van der Waals surface area contributed by atoms with E-state index in [-0.39, 0.29) is 22.5 Å². The number of hydrogen-bond donors (Lipinski definition) is 1. The molecule has 1 fully saturated rings. The summed E-state index contributed by atoms with van der Waals surface area (Å²) in [6.45, 7) is 0.945. The molecule has 0 bridgehead atoms. The third-order valence-electron chi connectivity index (χ3n) is 3.00. The number of hydrogen-bond acceptors (Lipinski definition) is 4. The van der Waals surface area contributed by atoms with Gasteiger partial charge in [-0.05, 0) is 31.5 Å². The molecule has 0 amide bonds. The molecule has 1 aromatic carbocycles. The van der Waals surface area contributed by atoms with E-state index in [1.165, 1.54) is 6.07 Å². The summed E-state index contributed by atoms with van der Waals surface area (Å²) in [7, 11) is 0. The van der Waals surface area contributed by atoms with Gasteiger partial charge in [-0.25, -0.2) is 4.39 Å². The van der Waals surface area contributed by atoms with E-state index in [4.69, 9.17) is 16.1 Å². The Morgan fingerprint density at radius 2 is 2.33 bits per heavy atom. The molecule has 1 saturated heterocycles. The maximum atomic E-state index is 13.8. The van der Waals surface area contributed by atoms with E-state index < -0.39 is 5.82 Å². The van der Waals surface area contributed by atoms with Gasteiger partial charge in [0.25, 0.3) is 5.89 Å². The highest BCUT2D eigenvalue weighted by Crippen LogP contribution is 2.28. The summed E-state index contributed by atoms with van der Waals surface area (Å²) in [6.07, 6.45) is 2.05. The lowest BCUT2D eigenvalue weighted by Gasteiger charge is -2.02. The molecule has 0 radical (unpaired) electrons. The lowest BCUT2D eigenvalue weighted by Crippen LogP contribution is -2.14. The number of aromatic nitrogens is 2. The van der Waals surface area contributed by atoms with Crippen LogP contribution in [0.2, 0.25) is 5.02 Å². The summed E-state index contributed by atoms with van der Waals surface area (Å²) < 4.78 is 18.9. The van der Waals surface area contributed by atoms with Gasteiger partial charge < -0.3 is 9.84 Å². The fraction of sp³-hybridized carbons (Fsp3) is 0.333. The molecule has 1 aliphatic rings. The average molecular weight is 268 g/mol. The molecule has 3 rings (SSSR count). The predicted molar refractivity (Wildman–Crippen MR) is 64.7 cm³/mol. The number of nitrogens with one attached hydrogen (secondary N) is 1. The smallest absolute Gasteiger partial charge is 0.261 e. The van der Waals surface area contributed by atoms with Crippen molar-refractivity contribution in [1.82, 2.24) is 15.5 Å². The van der Waals surface area contributed by atoms with E-state index >= 15 is 0 Å². The fourth-order valence-electron chi connectivity index (χ4n) is 2.06. The molecule has 1 aromatic heterocycles. The quantitative estimate of drug-likeness (QED) is 0.909. The van der Waals surface area contributed by atoms with Gasteiger partial charge in [-0.15, -0.1) is 0 Å². The minimum Gasteiger partial charge on any atom is -0.334 e. The Morgan fingerprint density at radius 3 is 3.11 bits per heavy atom. The molecule has 1 aliphatic heterocycles. The molecule has 1 atom stereocenters. The van der Waals surface area contributed by atoms with Gasteiger partial charge in [-0.3, -0.25) is 0 Å². The van der Waals surface area contributed by atoms with Gasteiger partial charge in [0.2, 0.25) is 0 Å². The van der Waals surface area contributed by atoms with Crippen LogP contribution < -0.4 is 5.32 Å². The van der Waals surface area contributed by atoms with Crippen molar-refractivity contribution in [2.45, 2.75) is 18.9 Å². The van der Waals surface area contributed by atoms with Crippen molar-refractivity contribution >= 4 is 11.6 Å². The molecular formula is C12H11ClFN3O. The second-order valence-electron chi connectivity index (χ2n) is 4.21. The van der Waals surface area contributed by atoms with Gasteiger partial charge in [0, 0.05) is 0 Å². The third kappa shape index (κ3) is 2.00. The Morgan fingerprint density at radius 1 is 1.44 bits per heavy atom. The highest BCUT2D eigenvalue weighted by Gasteiger charge is 2.23. The SMILES string of the molecule is Fc1c(Cl)cccc1-c1nc(C2CCCN2)no1. The van der Waals surface area contributed by atoms with Crippen LogP contribution in [-0.2, 0) is 0 Å². The predicted octanol–water partition coefficient (Wildman–Crippen LogP) is 2.95. The van der Waals surface area contributed by atoms with E-state index in [2.05, 4.69) is 15.5 Å². The summed E-state index contributed by atoms with van der Waals surface area (Å²) in [5.41, 5.74) is 0.235. The Hall–Kier alpha value is -1.46. The molecular weight excluding hydrogens is 257 g/mol. The molecule has 2 aromatic rings. The number of halogens is 2. The van der Waals surface area contributed by atoms with Gasteiger partial charge >= 0.3 is 0 Å². The molecule has 4 nitrogen and oxygen atoms in total. The third-order valence-corrected chi connectivity index (χ3v) is 3.29.